The van der Waals surface area contributed by atoms with Crippen LogP contribution in [0.1, 0.15) is 24.5 Å². The molecule has 1 aromatic rings. The van der Waals surface area contributed by atoms with E-state index < -0.39 is 0 Å². The number of hydrogen-bond donors (Lipinski definition) is 1. The largest absolute Gasteiger partial charge is 0.496 e. The minimum Gasteiger partial charge on any atom is -0.496 e. The molecule has 0 saturated carbocycles. The Morgan fingerprint density at radius 3 is 2.87 bits per heavy atom. The summed E-state index contributed by atoms with van der Waals surface area (Å²) in [6.45, 7) is 3.84. The van der Waals surface area contributed by atoms with Crippen LogP contribution in [0.25, 0.3) is 0 Å². The van der Waals surface area contributed by atoms with Crippen molar-refractivity contribution < 1.29 is 4.74 Å². The fourth-order valence-corrected chi connectivity index (χ4v) is 1.39. The second-order valence-electron chi connectivity index (χ2n) is 3.32. The fraction of sp³-hybridized carbons (Fsp3) is 0.417. The molecule has 1 aromatic carbocycles. The lowest BCUT2D eigenvalue weighted by Gasteiger charge is -2.09. The third-order valence-electron chi connectivity index (χ3n) is 2.15. The van der Waals surface area contributed by atoms with Crippen molar-refractivity contribution in [3.8, 4) is 11.8 Å². The third-order valence-corrected chi connectivity index (χ3v) is 2.15. The van der Waals surface area contributed by atoms with E-state index in [1.165, 1.54) is 0 Å². The van der Waals surface area contributed by atoms with Crippen LogP contribution in [0, 0.1) is 11.3 Å². The van der Waals surface area contributed by atoms with Gasteiger partial charge in [0.05, 0.1) is 18.7 Å². The van der Waals surface area contributed by atoms with Gasteiger partial charge in [-0.25, -0.2) is 0 Å². The van der Waals surface area contributed by atoms with E-state index in [0.717, 1.165) is 30.8 Å². The molecule has 80 valence electrons. The summed E-state index contributed by atoms with van der Waals surface area (Å²) < 4.78 is 5.23. The normalized spacial score (nSPS) is 9.67. The average molecular weight is 204 g/mol. The highest BCUT2D eigenvalue weighted by Crippen LogP contribution is 2.19. The first-order valence-electron chi connectivity index (χ1n) is 5.09. The molecule has 0 aromatic heterocycles. The zero-order chi connectivity index (χ0) is 11.1. The van der Waals surface area contributed by atoms with Crippen LogP contribution in [0.15, 0.2) is 18.2 Å². The van der Waals surface area contributed by atoms with E-state index in [1.54, 1.807) is 13.2 Å². The molecule has 3 nitrogen and oxygen atoms in total. The summed E-state index contributed by atoms with van der Waals surface area (Å²) in [4.78, 5) is 0. The van der Waals surface area contributed by atoms with Crippen molar-refractivity contribution in [2.24, 2.45) is 0 Å². The van der Waals surface area contributed by atoms with E-state index in [0.29, 0.717) is 5.56 Å². The highest BCUT2D eigenvalue weighted by molar-refractivity contribution is 5.41. The maximum atomic E-state index is 8.79. The summed E-state index contributed by atoms with van der Waals surface area (Å²) in [6.07, 6.45) is 1.10. The molecule has 0 fully saturated rings. The number of nitrogens with one attached hydrogen (secondary N) is 1. The van der Waals surface area contributed by atoms with Gasteiger partial charge in [-0.2, -0.15) is 5.26 Å². The van der Waals surface area contributed by atoms with Crippen molar-refractivity contribution >= 4 is 0 Å². The number of nitrogens with zero attached hydrogens (tertiary/aromatic N) is 1. The number of hydrogen-bond acceptors (Lipinski definition) is 3. The second-order valence-corrected chi connectivity index (χ2v) is 3.32. The molecule has 15 heavy (non-hydrogen) atoms. The summed E-state index contributed by atoms with van der Waals surface area (Å²) in [6, 6.07) is 7.59. The third kappa shape index (κ3) is 3.26. The molecule has 0 unspecified atom stereocenters. The Kier molecular flexibility index (Phi) is 4.65. The van der Waals surface area contributed by atoms with E-state index in [9.17, 15) is 0 Å². The molecular formula is C12H16N2O. The van der Waals surface area contributed by atoms with Crippen LogP contribution < -0.4 is 10.1 Å². The fourth-order valence-electron chi connectivity index (χ4n) is 1.39. The first kappa shape index (κ1) is 11.5. The lowest BCUT2D eigenvalue weighted by molar-refractivity contribution is 0.407. The first-order valence-corrected chi connectivity index (χ1v) is 5.09. The van der Waals surface area contributed by atoms with E-state index in [1.807, 2.05) is 12.1 Å². The highest BCUT2D eigenvalue weighted by atomic mass is 16.5. The van der Waals surface area contributed by atoms with Gasteiger partial charge in [0.25, 0.3) is 0 Å². The van der Waals surface area contributed by atoms with E-state index in [-0.39, 0.29) is 0 Å². The van der Waals surface area contributed by atoms with Crippen LogP contribution in [-0.2, 0) is 6.54 Å². The molecular weight excluding hydrogens is 188 g/mol. The summed E-state index contributed by atoms with van der Waals surface area (Å²) in [5, 5.41) is 12.1. The first-order chi connectivity index (χ1) is 7.31. The van der Waals surface area contributed by atoms with Crippen molar-refractivity contribution in [1.29, 1.82) is 5.26 Å². The van der Waals surface area contributed by atoms with Crippen LogP contribution >= 0.6 is 0 Å². The van der Waals surface area contributed by atoms with Crippen molar-refractivity contribution in [2.45, 2.75) is 19.9 Å². The summed E-state index contributed by atoms with van der Waals surface area (Å²) in [5.41, 5.74) is 1.70. The molecule has 0 atom stereocenters. The highest BCUT2D eigenvalue weighted by Gasteiger charge is 2.03. The lowest BCUT2D eigenvalue weighted by atomic mass is 10.1. The number of ether oxygens (including phenoxy) is 1. The van der Waals surface area contributed by atoms with Gasteiger partial charge in [-0.05, 0) is 31.2 Å². The molecule has 1 N–H and O–H groups in total. The van der Waals surface area contributed by atoms with Crippen molar-refractivity contribution in [3.63, 3.8) is 0 Å². The number of nitriles is 1. The molecule has 0 radical (unpaired) electrons. The lowest BCUT2D eigenvalue weighted by Crippen LogP contribution is -2.14. The van der Waals surface area contributed by atoms with E-state index in [4.69, 9.17) is 10.00 Å². The Morgan fingerprint density at radius 2 is 2.27 bits per heavy atom. The molecule has 0 bridgehead atoms. The Bertz CT molecular complexity index is 355. The molecule has 0 amide bonds. The predicted molar refractivity (Wildman–Crippen MR) is 59.7 cm³/mol. The molecule has 0 aliphatic carbocycles. The van der Waals surface area contributed by atoms with Crippen molar-refractivity contribution in [2.75, 3.05) is 13.7 Å². The van der Waals surface area contributed by atoms with Gasteiger partial charge >= 0.3 is 0 Å². The van der Waals surface area contributed by atoms with Gasteiger partial charge in [0, 0.05) is 12.1 Å². The number of rotatable bonds is 5. The Labute approximate surface area is 90.7 Å². The summed E-state index contributed by atoms with van der Waals surface area (Å²) in [7, 11) is 1.64. The van der Waals surface area contributed by atoms with Crippen LogP contribution in [0.4, 0.5) is 0 Å². The quantitative estimate of drug-likeness (QED) is 0.747. The SMILES string of the molecule is CCCNCc1cc(C#N)ccc1OC. The van der Waals surface area contributed by atoms with Gasteiger partial charge in [-0.15, -0.1) is 0 Å². The van der Waals surface area contributed by atoms with Crippen molar-refractivity contribution in [1.82, 2.24) is 5.32 Å². The molecule has 0 heterocycles. The van der Waals surface area contributed by atoms with Gasteiger partial charge in [-0.3, -0.25) is 0 Å². The zero-order valence-electron chi connectivity index (χ0n) is 9.21. The van der Waals surface area contributed by atoms with E-state index in [2.05, 4.69) is 18.3 Å². The maximum absolute atomic E-state index is 8.79. The standard InChI is InChI=1S/C12H16N2O/c1-3-6-14-9-11-7-10(8-13)4-5-12(11)15-2/h4-5,7,14H,3,6,9H2,1-2H3. The molecule has 0 spiro atoms. The monoisotopic (exact) mass is 204 g/mol. The second kappa shape index (κ2) is 6.05. The predicted octanol–water partition coefficient (Wildman–Crippen LogP) is 2.07. The Morgan fingerprint density at radius 1 is 1.47 bits per heavy atom. The maximum Gasteiger partial charge on any atom is 0.123 e. The van der Waals surface area contributed by atoms with Gasteiger partial charge in [0.1, 0.15) is 5.75 Å². The van der Waals surface area contributed by atoms with Crippen LogP contribution in [0.3, 0.4) is 0 Å². The zero-order valence-corrected chi connectivity index (χ0v) is 9.21. The Balaban J connectivity index is 2.78. The van der Waals surface area contributed by atoms with Crippen molar-refractivity contribution in [3.05, 3.63) is 29.3 Å². The molecule has 1 rings (SSSR count). The molecule has 0 saturated heterocycles. The number of benzene rings is 1. The Hall–Kier alpha value is -1.53. The smallest absolute Gasteiger partial charge is 0.123 e. The summed E-state index contributed by atoms with van der Waals surface area (Å²) in [5.74, 6) is 0.831. The van der Waals surface area contributed by atoms with Crippen LogP contribution in [0.5, 0.6) is 5.75 Å². The number of methoxy groups -OCH3 is 1. The van der Waals surface area contributed by atoms with Crippen LogP contribution in [0.2, 0.25) is 0 Å². The minimum absolute atomic E-state index is 0.670. The van der Waals surface area contributed by atoms with Gasteiger partial charge in [0.15, 0.2) is 0 Å². The van der Waals surface area contributed by atoms with E-state index >= 15 is 0 Å². The van der Waals surface area contributed by atoms with Gasteiger partial charge in [-0.1, -0.05) is 6.92 Å². The molecule has 3 heteroatoms. The topological polar surface area (TPSA) is 45.0 Å². The van der Waals surface area contributed by atoms with Gasteiger partial charge in [0.2, 0.25) is 0 Å². The average Bonchev–Trinajstić information content (AvgIpc) is 2.29. The van der Waals surface area contributed by atoms with Gasteiger partial charge < -0.3 is 10.1 Å². The minimum atomic E-state index is 0.670. The summed E-state index contributed by atoms with van der Waals surface area (Å²) >= 11 is 0. The molecule has 0 aliphatic heterocycles. The van der Waals surface area contributed by atoms with Crippen LogP contribution in [-0.4, -0.2) is 13.7 Å². The molecule has 0 aliphatic rings.